The van der Waals surface area contributed by atoms with Gasteiger partial charge in [0, 0.05) is 18.4 Å². The molecule has 2 spiro atoms. The summed E-state index contributed by atoms with van der Waals surface area (Å²) in [7, 11) is 1.60. The topological polar surface area (TPSA) is 296 Å². The summed E-state index contributed by atoms with van der Waals surface area (Å²) in [5.41, 5.74) is -0.533. The molecule has 0 amide bonds. The Morgan fingerprint density at radius 2 is 1.25 bits per heavy atom. The minimum atomic E-state index is -1.76. The Bertz CT molecular complexity index is 1830. The second kappa shape index (κ2) is 18.4. The monoisotopic (exact) mass is 973 g/mol. The van der Waals surface area contributed by atoms with E-state index in [4.69, 9.17) is 37.9 Å². The summed E-state index contributed by atoms with van der Waals surface area (Å²) in [5.74, 6) is 0.211. The van der Waals surface area contributed by atoms with E-state index in [-0.39, 0.29) is 46.0 Å². The quantitative estimate of drug-likeness (QED) is 0.0874. The molecule has 68 heavy (non-hydrogen) atoms. The van der Waals surface area contributed by atoms with Crippen LogP contribution in [0.1, 0.15) is 99.3 Å². The molecule has 0 aromatic rings. The highest BCUT2D eigenvalue weighted by Crippen LogP contribution is 2.89. The van der Waals surface area contributed by atoms with Crippen LogP contribution in [-0.2, 0) is 37.9 Å². The van der Waals surface area contributed by atoms with Crippen molar-refractivity contribution in [1.29, 1.82) is 0 Å². The Morgan fingerprint density at radius 1 is 0.632 bits per heavy atom. The number of methoxy groups -OCH3 is 1. The Kier molecular flexibility index (Phi) is 14.0. The normalized spacial score (nSPS) is 58.2. The van der Waals surface area contributed by atoms with Crippen LogP contribution in [0.2, 0.25) is 0 Å². The summed E-state index contributed by atoms with van der Waals surface area (Å²) in [6.45, 7) is 14.8. The molecule has 5 saturated carbocycles. The Morgan fingerprint density at radius 3 is 1.88 bits per heavy atom. The molecule has 0 aromatic carbocycles. The molecule has 9 aliphatic rings. The van der Waals surface area contributed by atoms with Crippen LogP contribution in [0.5, 0.6) is 0 Å². The highest BCUT2D eigenvalue weighted by atomic mass is 16.8. The Balaban J connectivity index is 0.951. The van der Waals surface area contributed by atoms with Gasteiger partial charge in [0.25, 0.3) is 0 Å². The van der Waals surface area contributed by atoms with Gasteiger partial charge in [-0.3, -0.25) is 0 Å². The zero-order valence-corrected chi connectivity index (χ0v) is 40.5. The number of fused-ring (bicyclic) bond motifs is 2. The molecule has 19 nitrogen and oxygen atoms in total. The van der Waals surface area contributed by atoms with Gasteiger partial charge in [-0.15, -0.1) is 0 Å². The van der Waals surface area contributed by atoms with Gasteiger partial charge in [-0.05, 0) is 124 Å². The molecule has 4 saturated heterocycles. The van der Waals surface area contributed by atoms with Crippen molar-refractivity contribution in [1.82, 2.24) is 0 Å². The lowest BCUT2D eigenvalue weighted by molar-refractivity contribution is -0.380. The van der Waals surface area contributed by atoms with E-state index >= 15 is 0 Å². The second-order valence-corrected chi connectivity index (χ2v) is 23.4. The average Bonchev–Trinajstić information content (AvgIpc) is 3.76. The van der Waals surface area contributed by atoms with Crippen LogP contribution in [0.3, 0.4) is 0 Å². The molecule has 29 atom stereocenters. The summed E-state index contributed by atoms with van der Waals surface area (Å²) in [6, 6.07) is 0. The van der Waals surface area contributed by atoms with Crippen LogP contribution < -0.4 is 0 Å². The maximum atomic E-state index is 11.8. The van der Waals surface area contributed by atoms with Crippen molar-refractivity contribution in [3.05, 3.63) is 12.2 Å². The third-order valence-corrected chi connectivity index (χ3v) is 20.4. The highest BCUT2D eigenvalue weighted by Gasteiger charge is 2.83. The predicted molar refractivity (Wildman–Crippen MR) is 235 cm³/mol. The van der Waals surface area contributed by atoms with Gasteiger partial charge in [-0.25, -0.2) is 0 Å². The number of aliphatic hydroxyl groups excluding tert-OH is 11. The molecule has 0 bridgehead atoms. The van der Waals surface area contributed by atoms with Crippen LogP contribution in [0.4, 0.5) is 0 Å². The van der Waals surface area contributed by atoms with Crippen molar-refractivity contribution in [2.45, 2.75) is 222 Å². The van der Waals surface area contributed by atoms with Gasteiger partial charge in [0.1, 0.15) is 73.2 Å². The van der Waals surface area contributed by atoms with Gasteiger partial charge in [-0.1, -0.05) is 27.4 Å². The molecule has 11 N–H and O–H groups in total. The molecular formula is C49H80O19. The Hall–Kier alpha value is -1.02. The van der Waals surface area contributed by atoms with Crippen molar-refractivity contribution in [3.8, 4) is 0 Å². The van der Waals surface area contributed by atoms with E-state index in [2.05, 4.69) is 20.4 Å². The number of aliphatic hydroxyl groups is 11. The fourth-order valence-corrected chi connectivity index (χ4v) is 16.2. The van der Waals surface area contributed by atoms with Crippen molar-refractivity contribution in [2.24, 2.45) is 50.7 Å². The summed E-state index contributed by atoms with van der Waals surface area (Å²) in [5, 5.41) is 121. The van der Waals surface area contributed by atoms with Crippen molar-refractivity contribution in [2.75, 3.05) is 20.3 Å². The standard InChI is InChI=1S/C49H80O19/c1-20(2)29(51)39-33(55)28(41(61-8)67-39)23-11-13-47(7)26-10-9-25-45(5,19-50)27(12-14-48(25)18-49(26,48)16-15-46(23,47)6)66-44-40(68-43-38(60)35(57)31(53)22(4)64-43)36(58)32(54)24(65-44)17-62-42-37(59)34(56)30(52)21(3)63-42/h21-44,50-60H,1,9-19H2,2-8H3/t21-,22-,23+,24+,25-,26-,27-,28-,29-,30-,31-,32+,33+,34+,35+,36-,37+,38+,39+,40+,41?,42+,43-,44-,45+,46+,47-,48+,49-/m0/s1. The predicted octanol–water partition coefficient (Wildman–Crippen LogP) is -0.428. The number of hydrogen-bond acceptors (Lipinski definition) is 19. The molecule has 5 aliphatic carbocycles. The first-order valence-corrected chi connectivity index (χ1v) is 25.1. The summed E-state index contributed by atoms with van der Waals surface area (Å²) >= 11 is 0. The molecule has 9 rings (SSSR count). The van der Waals surface area contributed by atoms with Gasteiger partial charge in [-0.2, -0.15) is 0 Å². The number of rotatable bonds is 12. The summed E-state index contributed by atoms with van der Waals surface area (Å²) < 4.78 is 48.7. The fourth-order valence-electron chi connectivity index (χ4n) is 16.2. The zero-order chi connectivity index (χ0) is 49.4. The molecule has 9 fully saturated rings. The first-order chi connectivity index (χ1) is 32.0. The molecule has 4 aliphatic heterocycles. The largest absolute Gasteiger partial charge is 0.396 e. The molecule has 4 heterocycles. The lowest BCUT2D eigenvalue weighted by Crippen LogP contribution is -2.66. The third kappa shape index (κ3) is 7.61. The van der Waals surface area contributed by atoms with E-state index in [1.165, 1.54) is 13.8 Å². The Labute approximate surface area is 398 Å². The average molecular weight is 973 g/mol. The van der Waals surface area contributed by atoms with Crippen LogP contribution in [0, 0.1) is 50.7 Å². The van der Waals surface area contributed by atoms with Gasteiger partial charge in [0.15, 0.2) is 25.2 Å². The number of ether oxygens (including phenoxy) is 8. The van der Waals surface area contributed by atoms with Crippen molar-refractivity contribution in [3.63, 3.8) is 0 Å². The first kappa shape index (κ1) is 51.9. The smallest absolute Gasteiger partial charge is 0.187 e. The van der Waals surface area contributed by atoms with Gasteiger partial charge >= 0.3 is 0 Å². The SMILES string of the molecule is C=C(C)[C@H](O)[C@H]1OC(OC)[C@@H]([C@H]2CC[C@@]3(C)[C@@H]4CC[C@H]5[C@@](C)(CO)[C@@H](O[C@@H]6O[C@H](CO[C@@H]7O[C@@H](C)[C@H](O)[C@@H](O)[C@H]7O)[C@@H](O)[C@H](O)[C@H]6O[C@@H]6O[C@@H](C)[C@H](O)[C@@H](O)[C@H]6O)CC[C@@]56C[C@@]46CC[C@]23C)[C@H]1O. The molecule has 0 aromatic heterocycles. The van der Waals surface area contributed by atoms with Crippen LogP contribution in [0.25, 0.3) is 0 Å². The van der Waals surface area contributed by atoms with E-state index in [9.17, 15) is 56.2 Å². The van der Waals surface area contributed by atoms with Gasteiger partial charge in [0.2, 0.25) is 0 Å². The zero-order valence-electron chi connectivity index (χ0n) is 40.5. The van der Waals surface area contributed by atoms with Crippen molar-refractivity contribution >= 4 is 0 Å². The maximum absolute atomic E-state index is 11.8. The lowest BCUT2D eigenvalue weighted by Gasteiger charge is -2.64. The van der Waals surface area contributed by atoms with E-state index in [1.807, 2.05) is 6.92 Å². The second-order valence-electron chi connectivity index (χ2n) is 23.4. The third-order valence-electron chi connectivity index (χ3n) is 20.4. The van der Waals surface area contributed by atoms with E-state index in [0.717, 1.165) is 51.4 Å². The maximum Gasteiger partial charge on any atom is 0.187 e. The summed E-state index contributed by atoms with van der Waals surface area (Å²) in [6.07, 6.45) is -18.3. The summed E-state index contributed by atoms with van der Waals surface area (Å²) in [4.78, 5) is 0. The van der Waals surface area contributed by atoms with E-state index in [1.54, 1.807) is 14.0 Å². The molecular weight excluding hydrogens is 893 g/mol. The molecule has 0 radical (unpaired) electrons. The highest BCUT2D eigenvalue weighted by molar-refractivity contribution is 5.31. The molecule has 1 unspecified atom stereocenters. The lowest BCUT2D eigenvalue weighted by atomic mass is 9.41. The number of hydrogen-bond donors (Lipinski definition) is 11. The van der Waals surface area contributed by atoms with E-state index < -0.39 is 135 Å². The van der Waals surface area contributed by atoms with Crippen molar-refractivity contribution < 1.29 is 94.1 Å². The van der Waals surface area contributed by atoms with Gasteiger partial charge < -0.3 is 94.1 Å². The fraction of sp³-hybridized carbons (Fsp3) is 0.959. The van der Waals surface area contributed by atoms with Crippen LogP contribution in [0.15, 0.2) is 12.2 Å². The first-order valence-electron chi connectivity index (χ1n) is 25.1. The molecule has 390 valence electrons. The molecule has 19 heteroatoms. The van der Waals surface area contributed by atoms with Crippen LogP contribution >= 0.6 is 0 Å². The minimum Gasteiger partial charge on any atom is -0.396 e. The van der Waals surface area contributed by atoms with E-state index in [0.29, 0.717) is 17.9 Å². The minimum absolute atomic E-state index is 0.0315. The van der Waals surface area contributed by atoms with Crippen LogP contribution in [-0.4, -0.2) is 199 Å². The van der Waals surface area contributed by atoms with Gasteiger partial charge in [0.05, 0.1) is 37.6 Å².